The van der Waals surface area contributed by atoms with Crippen LogP contribution in [0.25, 0.3) is 0 Å². The number of amides is 1. The zero-order valence-electron chi connectivity index (χ0n) is 10.5. The fourth-order valence-electron chi connectivity index (χ4n) is 2.02. The van der Waals surface area contributed by atoms with Gasteiger partial charge in [-0.05, 0) is 30.9 Å². The summed E-state index contributed by atoms with van der Waals surface area (Å²) in [7, 11) is -2.85. The minimum Gasteiger partial charge on any atom is -0.384 e. The predicted molar refractivity (Wildman–Crippen MR) is 72.4 cm³/mol. The van der Waals surface area contributed by atoms with Crippen LogP contribution in [-0.2, 0) is 9.84 Å². The number of aromatic nitrogens is 1. The molecule has 0 spiro atoms. The third-order valence-electron chi connectivity index (χ3n) is 3.27. The van der Waals surface area contributed by atoms with Crippen molar-refractivity contribution >= 4 is 21.6 Å². The van der Waals surface area contributed by atoms with E-state index in [1.54, 1.807) is 12.1 Å². The molecule has 104 valence electrons. The number of carbonyl (C=O) groups is 1. The van der Waals surface area contributed by atoms with Gasteiger partial charge in [0.1, 0.15) is 15.7 Å². The van der Waals surface area contributed by atoms with Crippen LogP contribution in [0.4, 0.5) is 5.82 Å². The van der Waals surface area contributed by atoms with E-state index < -0.39 is 9.84 Å². The molecule has 0 aromatic carbocycles. The second-order valence-corrected chi connectivity index (χ2v) is 7.08. The molecule has 1 aliphatic rings. The molecule has 0 unspecified atom stereocenters. The van der Waals surface area contributed by atoms with E-state index in [9.17, 15) is 13.2 Å². The van der Waals surface area contributed by atoms with Crippen LogP contribution in [0.5, 0.6) is 0 Å². The van der Waals surface area contributed by atoms with E-state index in [0.717, 1.165) is 0 Å². The van der Waals surface area contributed by atoms with Gasteiger partial charge in [0.15, 0.2) is 0 Å². The van der Waals surface area contributed by atoms with Gasteiger partial charge in [0.25, 0.3) is 5.91 Å². The van der Waals surface area contributed by atoms with Crippen molar-refractivity contribution in [2.45, 2.75) is 12.8 Å². The quantitative estimate of drug-likeness (QED) is 0.826. The lowest BCUT2D eigenvalue weighted by atomic mass is 10.0. The summed E-state index contributed by atoms with van der Waals surface area (Å²) in [6.07, 6.45) is 2.65. The van der Waals surface area contributed by atoms with Crippen LogP contribution in [-0.4, -0.2) is 37.4 Å². The molecule has 2 rings (SSSR count). The Bertz CT molecular complexity index is 540. The molecular weight excluding hydrogens is 266 g/mol. The van der Waals surface area contributed by atoms with Gasteiger partial charge in [-0.15, -0.1) is 0 Å². The number of anilines is 1. The number of sulfone groups is 1. The summed E-state index contributed by atoms with van der Waals surface area (Å²) in [5, 5.41) is 2.80. The summed E-state index contributed by atoms with van der Waals surface area (Å²) in [5.74, 6) is 0.831. The van der Waals surface area contributed by atoms with Crippen LogP contribution in [0.1, 0.15) is 23.2 Å². The standard InChI is InChI=1S/C12H17N3O3S/c13-11-2-1-10(8-14-11)12(16)15-7-9-3-5-19(17,18)6-4-9/h1-2,8-9H,3-7H2,(H2,13,14)(H,15,16). The van der Waals surface area contributed by atoms with Gasteiger partial charge in [-0.2, -0.15) is 0 Å². The number of hydrogen-bond acceptors (Lipinski definition) is 5. The predicted octanol–water partition coefficient (Wildman–Crippen LogP) is 0.218. The lowest BCUT2D eigenvalue weighted by Gasteiger charge is -2.22. The van der Waals surface area contributed by atoms with Gasteiger partial charge >= 0.3 is 0 Å². The highest BCUT2D eigenvalue weighted by atomic mass is 32.2. The Morgan fingerprint density at radius 1 is 1.37 bits per heavy atom. The minimum absolute atomic E-state index is 0.207. The highest BCUT2D eigenvalue weighted by molar-refractivity contribution is 7.91. The number of nitrogens with one attached hydrogen (secondary N) is 1. The molecular formula is C12H17N3O3S. The van der Waals surface area contributed by atoms with E-state index in [1.165, 1.54) is 6.20 Å². The Hall–Kier alpha value is -1.63. The monoisotopic (exact) mass is 283 g/mol. The Balaban J connectivity index is 1.83. The van der Waals surface area contributed by atoms with Gasteiger partial charge < -0.3 is 11.1 Å². The molecule has 19 heavy (non-hydrogen) atoms. The first-order valence-corrected chi connectivity index (χ1v) is 7.98. The number of nitrogens with zero attached hydrogens (tertiary/aromatic N) is 1. The highest BCUT2D eigenvalue weighted by Gasteiger charge is 2.23. The summed E-state index contributed by atoms with van der Waals surface area (Å²) in [4.78, 5) is 15.7. The molecule has 0 radical (unpaired) electrons. The Morgan fingerprint density at radius 3 is 2.63 bits per heavy atom. The number of carbonyl (C=O) groups excluding carboxylic acids is 1. The van der Waals surface area contributed by atoms with Crippen molar-refractivity contribution in [1.82, 2.24) is 10.3 Å². The summed E-state index contributed by atoms with van der Waals surface area (Å²) in [5.41, 5.74) is 5.90. The lowest BCUT2D eigenvalue weighted by molar-refractivity contribution is 0.0946. The number of hydrogen-bond donors (Lipinski definition) is 2. The molecule has 1 aromatic rings. The first-order chi connectivity index (χ1) is 8.96. The molecule has 1 aromatic heterocycles. The maximum Gasteiger partial charge on any atom is 0.252 e. The summed E-state index contributed by atoms with van der Waals surface area (Å²) in [6, 6.07) is 3.19. The Labute approximate surface area is 112 Å². The average molecular weight is 283 g/mol. The number of nitrogens with two attached hydrogens (primary N) is 1. The molecule has 0 bridgehead atoms. The van der Waals surface area contributed by atoms with Crippen LogP contribution in [0.2, 0.25) is 0 Å². The number of nitrogen functional groups attached to an aromatic ring is 1. The Kier molecular flexibility index (Phi) is 4.04. The third-order valence-corrected chi connectivity index (χ3v) is 4.99. The van der Waals surface area contributed by atoms with E-state index in [-0.39, 0.29) is 23.3 Å². The second-order valence-electron chi connectivity index (χ2n) is 4.78. The molecule has 3 N–H and O–H groups in total. The minimum atomic E-state index is -2.85. The van der Waals surface area contributed by atoms with E-state index in [1.807, 2.05) is 0 Å². The van der Waals surface area contributed by atoms with E-state index in [4.69, 9.17) is 5.73 Å². The highest BCUT2D eigenvalue weighted by Crippen LogP contribution is 2.18. The third kappa shape index (κ3) is 3.92. The normalized spacial score (nSPS) is 18.9. The molecule has 1 saturated heterocycles. The van der Waals surface area contributed by atoms with Crippen LogP contribution < -0.4 is 11.1 Å². The van der Waals surface area contributed by atoms with Crippen molar-refractivity contribution in [1.29, 1.82) is 0 Å². The van der Waals surface area contributed by atoms with E-state index in [0.29, 0.717) is 30.8 Å². The van der Waals surface area contributed by atoms with E-state index in [2.05, 4.69) is 10.3 Å². The van der Waals surface area contributed by atoms with Crippen LogP contribution in [0.15, 0.2) is 18.3 Å². The first kappa shape index (κ1) is 13.8. The topological polar surface area (TPSA) is 102 Å². The smallest absolute Gasteiger partial charge is 0.252 e. The van der Waals surface area contributed by atoms with Crippen LogP contribution >= 0.6 is 0 Å². The van der Waals surface area contributed by atoms with Crippen LogP contribution in [0, 0.1) is 5.92 Å². The molecule has 2 heterocycles. The fourth-order valence-corrected chi connectivity index (χ4v) is 3.61. The van der Waals surface area contributed by atoms with Crippen molar-refractivity contribution in [3.05, 3.63) is 23.9 Å². The largest absolute Gasteiger partial charge is 0.384 e. The molecule has 6 nitrogen and oxygen atoms in total. The molecule has 7 heteroatoms. The second kappa shape index (κ2) is 5.56. The van der Waals surface area contributed by atoms with Crippen molar-refractivity contribution in [2.24, 2.45) is 5.92 Å². The van der Waals surface area contributed by atoms with Crippen molar-refractivity contribution in [2.75, 3.05) is 23.8 Å². The van der Waals surface area contributed by atoms with Crippen molar-refractivity contribution < 1.29 is 13.2 Å². The Morgan fingerprint density at radius 2 is 2.05 bits per heavy atom. The maximum absolute atomic E-state index is 11.8. The van der Waals surface area contributed by atoms with Crippen molar-refractivity contribution in [3.8, 4) is 0 Å². The van der Waals surface area contributed by atoms with Gasteiger partial charge in [-0.1, -0.05) is 0 Å². The number of rotatable bonds is 3. The lowest BCUT2D eigenvalue weighted by Crippen LogP contribution is -2.34. The van der Waals surface area contributed by atoms with Gasteiger partial charge in [0.2, 0.25) is 0 Å². The summed E-state index contributed by atoms with van der Waals surface area (Å²) < 4.78 is 22.6. The molecule has 0 saturated carbocycles. The molecule has 0 aliphatic carbocycles. The van der Waals surface area contributed by atoms with Gasteiger partial charge in [-0.3, -0.25) is 4.79 Å². The van der Waals surface area contributed by atoms with Gasteiger partial charge in [-0.25, -0.2) is 13.4 Å². The maximum atomic E-state index is 11.8. The summed E-state index contributed by atoms with van der Waals surface area (Å²) in [6.45, 7) is 0.499. The molecule has 0 atom stereocenters. The fraction of sp³-hybridized carbons (Fsp3) is 0.500. The summed E-state index contributed by atoms with van der Waals surface area (Å²) >= 11 is 0. The average Bonchev–Trinajstić information content (AvgIpc) is 2.38. The molecule has 1 fully saturated rings. The van der Waals surface area contributed by atoms with Gasteiger partial charge in [0, 0.05) is 12.7 Å². The molecule has 1 aliphatic heterocycles. The number of pyridine rings is 1. The molecule has 1 amide bonds. The van der Waals surface area contributed by atoms with Gasteiger partial charge in [0.05, 0.1) is 17.1 Å². The zero-order valence-corrected chi connectivity index (χ0v) is 11.3. The van der Waals surface area contributed by atoms with E-state index >= 15 is 0 Å². The van der Waals surface area contributed by atoms with Crippen LogP contribution in [0.3, 0.4) is 0 Å². The zero-order chi connectivity index (χ0) is 13.9. The SMILES string of the molecule is Nc1ccc(C(=O)NCC2CCS(=O)(=O)CC2)cn1. The van der Waals surface area contributed by atoms with Crippen molar-refractivity contribution in [3.63, 3.8) is 0 Å². The first-order valence-electron chi connectivity index (χ1n) is 6.16.